The van der Waals surface area contributed by atoms with Crippen LogP contribution in [0, 0.1) is 6.57 Å². The summed E-state index contributed by atoms with van der Waals surface area (Å²) >= 11 is 0. The molecule has 232 valence electrons. The molecule has 0 unspecified atom stereocenters. The molecule has 0 saturated heterocycles. The number of aromatic nitrogens is 2. The van der Waals surface area contributed by atoms with E-state index in [-0.39, 0.29) is 11.2 Å². The summed E-state index contributed by atoms with van der Waals surface area (Å²) in [6.07, 6.45) is 0. The quantitative estimate of drug-likeness (QED) is 0.178. The Labute approximate surface area is 286 Å². The maximum atomic E-state index is 13.7. The highest BCUT2D eigenvalue weighted by atomic mass is 16.1. The van der Waals surface area contributed by atoms with Crippen LogP contribution in [0.4, 0.5) is 5.69 Å². The van der Waals surface area contributed by atoms with Gasteiger partial charge in [-0.2, -0.15) is 0 Å². The van der Waals surface area contributed by atoms with Gasteiger partial charge in [-0.05, 0) is 62.7 Å². The Hall–Kier alpha value is -6.44. The second-order valence-corrected chi connectivity index (χ2v) is 12.9. The number of carbonyl (C=O) groups excluding carboxylic acids is 1. The first-order chi connectivity index (χ1) is 23.9. The lowest BCUT2D eigenvalue weighted by Gasteiger charge is -2.34. The number of fused-ring (bicyclic) bond motifs is 2. The zero-order valence-corrected chi connectivity index (χ0v) is 27.2. The van der Waals surface area contributed by atoms with E-state index in [2.05, 4.69) is 67.2 Å². The number of carbonyl (C=O) groups is 1. The van der Waals surface area contributed by atoms with E-state index in [1.54, 1.807) is 0 Å². The van der Waals surface area contributed by atoms with Gasteiger partial charge in [0.05, 0.1) is 18.0 Å². The van der Waals surface area contributed by atoms with Gasteiger partial charge in [0.2, 0.25) is 5.69 Å². The molecule has 4 nitrogen and oxygen atoms in total. The highest BCUT2D eigenvalue weighted by Crippen LogP contribution is 2.43. The standard InChI is InChI=1S/C45H31N3O/c1-45(2)38-23-11-10-22-36(38)43(49)37-28-34(24-25-39(37)45)32-19-12-18-31(26-32)33-20-13-21-35(27-33)41-42(46-3)40(29-14-6-4-7-15-29)47-44(48-41)30-16-8-5-9-17-30/h4-28H,1-2H3. The molecule has 1 aliphatic rings. The van der Waals surface area contributed by atoms with E-state index in [9.17, 15) is 4.79 Å². The van der Waals surface area contributed by atoms with Crippen LogP contribution in [0.2, 0.25) is 0 Å². The second kappa shape index (κ2) is 12.0. The van der Waals surface area contributed by atoms with Crippen LogP contribution in [0.5, 0.6) is 0 Å². The highest BCUT2D eigenvalue weighted by Gasteiger charge is 2.36. The molecule has 1 aromatic heterocycles. The lowest BCUT2D eigenvalue weighted by atomic mass is 9.68. The van der Waals surface area contributed by atoms with Crippen molar-refractivity contribution in [1.29, 1.82) is 0 Å². The third-order valence-corrected chi connectivity index (χ3v) is 9.52. The van der Waals surface area contributed by atoms with Crippen molar-refractivity contribution in [1.82, 2.24) is 9.97 Å². The van der Waals surface area contributed by atoms with Crippen molar-refractivity contribution in [2.75, 3.05) is 0 Å². The smallest absolute Gasteiger partial charge is 0.238 e. The van der Waals surface area contributed by atoms with E-state index in [1.165, 1.54) is 0 Å². The zero-order valence-electron chi connectivity index (χ0n) is 27.2. The topological polar surface area (TPSA) is 47.2 Å². The molecule has 0 radical (unpaired) electrons. The highest BCUT2D eigenvalue weighted by molar-refractivity contribution is 6.13. The van der Waals surface area contributed by atoms with Gasteiger partial charge in [-0.1, -0.05) is 147 Å². The minimum absolute atomic E-state index is 0.0702. The minimum atomic E-state index is -0.271. The van der Waals surface area contributed by atoms with Crippen molar-refractivity contribution in [2.45, 2.75) is 19.3 Å². The molecule has 0 aliphatic heterocycles. The lowest BCUT2D eigenvalue weighted by molar-refractivity contribution is 0.103. The molecule has 49 heavy (non-hydrogen) atoms. The van der Waals surface area contributed by atoms with Gasteiger partial charge in [0.15, 0.2) is 11.6 Å². The normalized spacial score (nSPS) is 12.9. The molecule has 0 bridgehead atoms. The summed E-state index contributed by atoms with van der Waals surface area (Å²) in [5, 5.41) is 0. The first-order valence-electron chi connectivity index (χ1n) is 16.3. The van der Waals surface area contributed by atoms with Gasteiger partial charge in [0.1, 0.15) is 0 Å². The molecular formula is C45H31N3O. The van der Waals surface area contributed by atoms with Crippen LogP contribution in [-0.4, -0.2) is 15.8 Å². The molecule has 1 aliphatic carbocycles. The molecule has 0 spiro atoms. The average molecular weight is 630 g/mol. The van der Waals surface area contributed by atoms with E-state index in [0.717, 1.165) is 61.2 Å². The van der Waals surface area contributed by atoms with Crippen LogP contribution < -0.4 is 0 Å². The summed E-state index contributed by atoms with van der Waals surface area (Å²) in [6, 6.07) is 50.5. The molecule has 7 aromatic rings. The predicted octanol–water partition coefficient (Wildman–Crippen LogP) is 11.2. The maximum Gasteiger partial charge on any atom is 0.238 e. The second-order valence-electron chi connectivity index (χ2n) is 12.9. The number of ketones is 1. The molecule has 0 N–H and O–H groups in total. The lowest BCUT2D eigenvalue weighted by Crippen LogP contribution is -2.30. The summed E-state index contributed by atoms with van der Waals surface area (Å²) in [5.41, 5.74) is 11.6. The fraction of sp³-hybridized carbons (Fsp3) is 0.0667. The van der Waals surface area contributed by atoms with Crippen LogP contribution in [-0.2, 0) is 5.41 Å². The van der Waals surface area contributed by atoms with Crippen molar-refractivity contribution in [3.05, 3.63) is 185 Å². The molecule has 0 saturated carbocycles. The summed E-state index contributed by atoms with van der Waals surface area (Å²) in [4.78, 5) is 27.6. The first-order valence-corrected chi connectivity index (χ1v) is 16.3. The van der Waals surface area contributed by atoms with E-state index < -0.39 is 0 Å². The van der Waals surface area contributed by atoms with Gasteiger partial charge in [-0.3, -0.25) is 4.79 Å². The summed E-state index contributed by atoms with van der Waals surface area (Å²) in [5.74, 6) is 0.642. The predicted molar refractivity (Wildman–Crippen MR) is 197 cm³/mol. The summed E-state index contributed by atoms with van der Waals surface area (Å²) in [6.45, 7) is 12.6. The van der Waals surface area contributed by atoms with Gasteiger partial charge in [-0.15, -0.1) is 0 Å². The Kier molecular flexibility index (Phi) is 7.31. The van der Waals surface area contributed by atoms with Gasteiger partial charge < -0.3 is 0 Å². The number of rotatable bonds is 5. The van der Waals surface area contributed by atoms with Crippen LogP contribution in [0.3, 0.4) is 0 Å². The fourth-order valence-corrected chi connectivity index (χ4v) is 6.97. The van der Waals surface area contributed by atoms with Crippen molar-refractivity contribution in [2.24, 2.45) is 0 Å². The third kappa shape index (κ3) is 5.23. The van der Waals surface area contributed by atoms with E-state index in [4.69, 9.17) is 16.5 Å². The summed E-state index contributed by atoms with van der Waals surface area (Å²) < 4.78 is 0. The SMILES string of the molecule is [C-]#[N+]c1c(-c2ccccc2)nc(-c2ccccc2)nc1-c1cccc(-c2cccc(-c3ccc4c(c3)C(=O)c3ccccc3C4(C)C)c2)c1. The molecular weight excluding hydrogens is 599 g/mol. The summed E-state index contributed by atoms with van der Waals surface area (Å²) in [7, 11) is 0. The van der Waals surface area contributed by atoms with Crippen molar-refractivity contribution in [3.8, 4) is 56.2 Å². The molecule has 1 heterocycles. The zero-order chi connectivity index (χ0) is 33.5. The van der Waals surface area contributed by atoms with E-state index in [1.807, 2.05) is 103 Å². The van der Waals surface area contributed by atoms with Crippen LogP contribution in [0.25, 0.3) is 61.0 Å². The first kappa shape index (κ1) is 29.9. The monoisotopic (exact) mass is 629 g/mol. The molecule has 4 heteroatoms. The van der Waals surface area contributed by atoms with Crippen molar-refractivity contribution < 1.29 is 4.79 Å². The Morgan fingerprint density at radius 2 is 0.980 bits per heavy atom. The molecule has 0 fully saturated rings. The average Bonchev–Trinajstić information content (AvgIpc) is 3.17. The van der Waals surface area contributed by atoms with Gasteiger partial charge in [0, 0.05) is 22.1 Å². The van der Waals surface area contributed by atoms with Crippen molar-refractivity contribution in [3.63, 3.8) is 0 Å². The Bertz CT molecular complexity index is 2440. The third-order valence-electron chi connectivity index (χ3n) is 9.52. The molecule has 6 aromatic carbocycles. The fourth-order valence-electron chi connectivity index (χ4n) is 6.97. The van der Waals surface area contributed by atoms with Crippen LogP contribution in [0.1, 0.15) is 40.9 Å². The maximum absolute atomic E-state index is 13.7. The van der Waals surface area contributed by atoms with Gasteiger partial charge >= 0.3 is 0 Å². The molecule has 8 rings (SSSR count). The Morgan fingerprint density at radius 1 is 0.490 bits per heavy atom. The molecule has 0 amide bonds. The largest absolute Gasteiger partial charge is 0.289 e. The van der Waals surface area contributed by atoms with E-state index >= 15 is 0 Å². The van der Waals surface area contributed by atoms with E-state index in [0.29, 0.717) is 22.9 Å². The minimum Gasteiger partial charge on any atom is -0.289 e. The van der Waals surface area contributed by atoms with Crippen LogP contribution >= 0.6 is 0 Å². The Morgan fingerprint density at radius 3 is 1.63 bits per heavy atom. The number of nitrogens with zero attached hydrogens (tertiary/aromatic N) is 3. The number of hydrogen-bond donors (Lipinski definition) is 0. The number of hydrogen-bond acceptors (Lipinski definition) is 3. The van der Waals surface area contributed by atoms with Crippen LogP contribution in [0.15, 0.2) is 152 Å². The molecule has 0 atom stereocenters. The van der Waals surface area contributed by atoms with Gasteiger partial charge in [-0.25, -0.2) is 14.8 Å². The Balaban J connectivity index is 1.21. The van der Waals surface area contributed by atoms with Crippen molar-refractivity contribution >= 4 is 11.5 Å². The number of benzene rings is 6. The van der Waals surface area contributed by atoms with Gasteiger partial charge in [0.25, 0.3) is 0 Å².